The van der Waals surface area contributed by atoms with Crippen molar-refractivity contribution in [3.05, 3.63) is 53.8 Å². The summed E-state index contributed by atoms with van der Waals surface area (Å²) < 4.78 is 19.4. The molecule has 0 N–H and O–H groups in total. The van der Waals surface area contributed by atoms with Crippen molar-refractivity contribution in [1.82, 2.24) is 9.88 Å². The van der Waals surface area contributed by atoms with E-state index < -0.39 is 0 Å². The van der Waals surface area contributed by atoms with Crippen LogP contribution in [0, 0.1) is 5.82 Å². The Morgan fingerprint density at radius 2 is 2.00 bits per heavy atom. The number of rotatable bonds is 4. The zero-order valence-corrected chi connectivity index (χ0v) is 15.8. The molecule has 0 aliphatic carbocycles. The summed E-state index contributed by atoms with van der Waals surface area (Å²) in [5.74, 6) is 0.636. The van der Waals surface area contributed by atoms with Gasteiger partial charge < -0.3 is 14.5 Å². The molecule has 1 aliphatic rings. The Morgan fingerprint density at radius 3 is 2.78 bits per heavy atom. The molecule has 1 saturated heterocycles. The zero-order valence-electron chi connectivity index (χ0n) is 15.0. The summed E-state index contributed by atoms with van der Waals surface area (Å²) in [6.45, 7) is 2.78. The van der Waals surface area contributed by atoms with Gasteiger partial charge in [-0.1, -0.05) is 23.5 Å². The first-order chi connectivity index (χ1) is 13.1. The van der Waals surface area contributed by atoms with Gasteiger partial charge in [-0.05, 0) is 35.9 Å². The number of methoxy groups -OCH3 is 1. The average molecular weight is 385 g/mol. The van der Waals surface area contributed by atoms with Gasteiger partial charge in [-0.2, -0.15) is 0 Å². The van der Waals surface area contributed by atoms with Crippen LogP contribution in [0.3, 0.4) is 0 Å². The van der Waals surface area contributed by atoms with Gasteiger partial charge >= 0.3 is 0 Å². The Bertz CT molecular complexity index is 967. The van der Waals surface area contributed by atoms with Crippen molar-refractivity contribution in [3.63, 3.8) is 0 Å². The summed E-state index contributed by atoms with van der Waals surface area (Å²) in [4.78, 5) is 21.3. The Labute approximate surface area is 161 Å². The number of piperazine rings is 1. The minimum atomic E-state index is -0.245. The second-order valence-corrected chi connectivity index (χ2v) is 7.51. The predicted octanol–water partition coefficient (Wildman–Crippen LogP) is 3.34. The van der Waals surface area contributed by atoms with Gasteiger partial charge in [0.1, 0.15) is 11.6 Å². The third-order valence-corrected chi connectivity index (χ3v) is 5.81. The first-order valence-electron chi connectivity index (χ1n) is 8.84. The number of fused-ring (bicyclic) bond motifs is 1. The lowest BCUT2D eigenvalue weighted by atomic mass is 10.1. The number of carbonyl (C=O) groups is 1. The molecule has 140 valence electrons. The number of benzene rings is 2. The number of halogens is 1. The molecule has 7 heteroatoms. The van der Waals surface area contributed by atoms with E-state index in [-0.39, 0.29) is 11.7 Å². The lowest BCUT2D eigenvalue weighted by Gasteiger charge is -2.34. The standard InChI is InChI=1S/C20H20FN3O2S/c1-26-16-4-2-3-14(11-16)12-19(25)23-7-9-24(10-8-23)20-22-17-6-5-15(21)13-18(17)27-20/h2-6,11,13H,7-10,12H2,1H3. The third-order valence-electron chi connectivity index (χ3n) is 4.73. The molecule has 1 fully saturated rings. The smallest absolute Gasteiger partial charge is 0.227 e. The fraction of sp³-hybridized carbons (Fsp3) is 0.300. The number of nitrogens with zero attached hydrogens (tertiary/aromatic N) is 3. The summed E-state index contributed by atoms with van der Waals surface area (Å²) >= 11 is 1.49. The minimum Gasteiger partial charge on any atom is -0.497 e. The van der Waals surface area contributed by atoms with Crippen molar-refractivity contribution in [2.45, 2.75) is 6.42 Å². The lowest BCUT2D eigenvalue weighted by molar-refractivity contribution is -0.130. The highest BCUT2D eigenvalue weighted by Crippen LogP contribution is 2.30. The maximum Gasteiger partial charge on any atom is 0.227 e. The van der Waals surface area contributed by atoms with E-state index in [0.717, 1.165) is 39.8 Å². The number of amides is 1. The molecule has 27 heavy (non-hydrogen) atoms. The molecule has 4 rings (SSSR count). The van der Waals surface area contributed by atoms with Crippen molar-refractivity contribution in [2.24, 2.45) is 0 Å². The van der Waals surface area contributed by atoms with Gasteiger partial charge in [-0.15, -0.1) is 0 Å². The van der Waals surface area contributed by atoms with Gasteiger partial charge in [-0.3, -0.25) is 4.79 Å². The molecule has 3 aromatic rings. The molecule has 1 aliphatic heterocycles. The quantitative estimate of drug-likeness (QED) is 0.691. The summed E-state index contributed by atoms with van der Waals surface area (Å²) in [5.41, 5.74) is 1.77. The largest absolute Gasteiger partial charge is 0.497 e. The van der Waals surface area contributed by atoms with Gasteiger partial charge in [-0.25, -0.2) is 9.37 Å². The van der Waals surface area contributed by atoms with E-state index in [1.807, 2.05) is 29.2 Å². The number of hydrogen-bond donors (Lipinski definition) is 0. The number of thiazole rings is 1. The van der Waals surface area contributed by atoms with Crippen molar-refractivity contribution in [3.8, 4) is 5.75 Å². The molecule has 0 bridgehead atoms. The van der Waals surface area contributed by atoms with Crippen LogP contribution in [-0.4, -0.2) is 49.1 Å². The molecule has 0 spiro atoms. The molecule has 2 heterocycles. The molecule has 2 aromatic carbocycles. The van der Waals surface area contributed by atoms with Gasteiger partial charge in [0, 0.05) is 26.2 Å². The van der Waals surface area contributed by atoms with Crippen molar-refractivity contribution in [1.29, 1.82) is 0 Å². The van der Waals surface area contributed by atoms with Gasteiger partial charge in [0.2, 0.25) is 5.91 Å². The molecule has 0 radical (unpaired) electrons. The van der Waals surface area contributed by atoms with E-state index in [2.05, 4.69) is 9.88 Å². The Kier molecular flexibility index (Phi) is 4.94. The highest BCUT2D eigenvalue weighted by atomic mass is 32.1. The molecule has 1 aromatic heterocycles. The van der Waals surface area contributed by atoms with Crippen LogP contribution in [0.25, 0.3) is 10.2 Å². The molecule has 5 nitrogen and oxygen atoms in total. The first-order valence-corrected chi connectivity index (χ1v) is 9.66. The molecule has 0 unspecified atom stereocenters. The topological polar surface area (TPSA) is 45.7 Å². The predicted molar refractivity (Wildman–Crippen MR) is 105 cm³/mol. The van der Waals surface area contributed by atoms with E-state index >= 15 is 0 Å². The van der Waals surface area contributed by atoms with Crippen LogP contribution >= 0.6 is 11.3 Å². The van der Waals surface area contributed by atoms with Crippen molar-refractivity contribution >= 4 is 32.6 Å². The zero-order chi connectivity index (χ0) is 18.8. The monoisotopic (exact) mass is 385 g/mol. The van der Waals surface area contributed by atoms with Gasteiger partial charge in [0.15, 0.2) is 5.13 Å². The summed E-state index contributed by atoms with van der Waals surface area (Å²) in [5, 5.41) is 0.885. The summed E-state index contributed by atoms with van der Waals surface area (Å²) in [6.07, 6.45) is 0.373. The van der Waals surface area contributed by atoms with E-state index in [0.29, 0.717) is 19.5 Å². The lowest BCUT2D eigenvalue weighted by Crippen LogP contribution is -2.49. The number of hydrogen-bond acceptors (Lipinski definition) is 5. The molecular weight excluding hydrogens is 365 g/mol. The molecule has 0 atom stereocenters. The van der Waals surface area contributed by atoms with E-state index in [4.69, 9.17) is 4.74 Å². The summed E-state index contributed by atoms with van der Waals surface area (Å²) in [6, 6.07) is 12.3. The van der Waals surface area contributed by atoms with E-state index in [9.17, 15) is 9.18 Å². The number of carbonyl (C=O) groups excluding carboxylic acids is 1. The fourth-order valence-corrected chi connectivity index (χ4v) is 4.28. The van der Waals surface area contributed by atoms with E-state index in [1.54, 1.807) is 13.2 Å². The maximum atomic E-state index is 13.4. The fourth-order valence-electron chi connectivity index (χ4n) is 3.24. The highest BCUT2D eigenvalue weighted by Gasteiger charge is 2.23. The van der Waals surface area contributed by atoms with E-state index in [1.165, 1.54) is 23.5 Å². The summed E-state index contributed by atoms with van der Waals surface area (Å²) in [7, 11) is 1.62. The Morgan fingerprint density at radius 1 is 1.19 bits per heavy atom. The third kappa shape index (κ3) is 3.88. The number of aromatic nitrogens is 1. The number of ether oxygens (including phenoxy) is 1. The van der Waals surface area contributed by atoms with Crippen LogP contribution < -0.4 is 9.64 Å². The highest BCUT2D eigenvalue weighted by molar-refractivity contribution is 7.22. The molecule has 0 saturated carbocycles. The first kappa shape index (κ1) is 17.7. The minimum absolute atomic E-state index is 0.120. The SMILES string of the molecule is COc1cccc(CC(=O)N2CCN(c3nc4ccc(F)cc4s3)CC2)c1. The van der Waals surface area contributed by atoms with Gasteiger partial charge in [0.05, 0.1) is 23.7 Å². The van der Waals surface area contributed by atoms with Crippen LogP contribution in [0.15, 0.2) is 42.5 Å². The maximum absolute atomic E-state index is 13.4. The van der Waals surface area contributed by atoms with Crippen molar-refractivity contribution in [2.75, 3.05) is 38.2 Å². The second kappa shape index (κ2) is 7.52. The van der Waals surface area contributed by atoms with Crippen molar-refractivity contribution < 1.29 is 13.9 Å². The second-order valence-electron chi connectivity index (χ2n) is 6.50. The van der Waals surface area contributed by atoms with Crippen LogP contribution in [-0.2, 0) is 11.2 Å². The van der Waals surface area contributed by atoms with Crippen LogP contribution in [0.4, 0.5) is 9.52 Å². The normalized spacial score (nSPS) is 14.6. The van der Waals surface area contributed by atoms with Crippen LogP contribution in [0.5, 0.6) is 5.75 Å². The van der Waals surface area contributed by atoms with Gasteiger partial charge in [0.25, 0.3) is 0 Å². The Balaban J connectivity index is 1.38. The number of anilines is 1. The van der Waals surface area contributed by atoms with Crippen LogP contribution in [0.2, 0.25) is 0 Å². The van der Waals surface area contributed by atoms with Crippen LogP contribution in [0.1, 0.15) is 5.56 Å². The molecule has 1 amide bonds. The molecular formula is C20H20FN3O2S. The average Bonchev–Trinajstić information content (AvgIpc) is 3.11. The Hall–Kier alpha value is -2.67.